The molecule has 19 heavy (non-hydrogen) atoms. The first-order chi connectivity index (χ1) is 8.84. The molecule has 2 aromatic rings. The molecule has 0 fully saturated rings. The highest BCUT2D eigenvalue weighted by Crippen LogP contribution is 2.25. The topological polar surface area (TPSA) is 90.9 Å². The van der Waals surface area contributed by atoms with Gasteiger partial charge in [0, 0.05) is 11.6 Å². The molecule has 0 atom stereocenters. The van der Waals surface area contributed by atoms with Crippen LogP contribution < -0.4 is 5.14 Å². The molecule has 2 rings (SSSR count). The van der Waals surface area contributed by atoms with E-state index in [4.69, 9.17) is 16.7 Å². The Morgan fingerprint density at radius 3 is 2.63 bits per heavy atom. The standard InChI is InChI=1S/C10H10ClFN4O2S/c1-2-16-9(14-15-10(16)19(13,17)18)7-4-3-6(11)5-8(7)12/h3-5H,2H2,1H3,(H2,13,17,18). The van der Waals surface area contributed by atoms with Crippen molar-refractivity contribution in [2.75, 3.05) is 0 Å². The number of primary sulfonamides is 1. The predicted octanol–water partition coefficient (Wildman–Crippen LogP) is 1.40. The van der Waals surface area contributed by atoms with Gasteiger partial charge in [0.05, 0.1) is 5.56 Å². The van der Waals surface area contributed by atoms with E-state index in [1.807, 2.05) is 0 Å². The Bertz CT molecular complexity index is 729. The van der Waals surface area contributed by atoms with Gasteiger partial charge in [-0.1, -0.05) is 11.6 Å². The third kappa shape index (κ3) is 2.60. The molecule has 0 unspecified atom stereocenters. The summed E-state index contributed by atoms with van der Waals surface area (Å²) >= 11 is 5.66. The second kappa shape index (κ2) is 4.87. The maximum Gasteiger partial charge on any atom is 0.273 e. The van der Waals surface area contributed by atoms with Crippen molar-refractivity contribution in [1.29, 1.82) is 0 Å². The van der Waals surface area contributed by atoms with Crippen molar-refractivity contribution in [1.82, 2.24) is 14.8 Å². The molecule has 0 saturated carbocycles. The van der Waals surface area contributed by atoms with Crippen LogP contribution in [0.15, 0.2) is 23.4 Å². The highest BCUT2D eigenvalue weighted by Gasteiger charge is 2.22. The Morgan fingerprint density at radius 2 is 2.11 bits per heavy atom. The lowest BCUT2D eigenvalue weighted by molar-refractivity contribution is 0.569. The number of halogens is 2. The number of nitrogens with zero attached hydrogens (tertiary/aromatic N) is 3. The molecule has 0 aliphatic heterocycles. The fourth-order valence-corrected chi connectivity index (χ4v) is 2.49. The van der Waals surface area contributed by atoms with E-state index < -0.39 is 21.0 Å². The van der Waals surface area contributed by atoms with Gasteiger partial charge < -0.3 is 0 Å². The number of hydrogen-bond acceptors (Lipinski definition) is 4. The molecule has 9 heteroatoms. The van der Waals surface area contributed by atoms with Gasteiger partial charge in [0.15, 0.2) is 5.82 Å². The van der Waals surface area contributed by atoms with E-state index in [0.717, 1.165) is 6.07 Å². The van der Waals surface area contributed by atoms with Crippen molar-refractivity contribution in [2.45, 2.75) is 18.6 Å². The molecule has 0 bridgehead atoms. The smallest absolute Gasteiger partial charge is 0.273 e. The number of sulfonamides is 1. The number of aromatic nitrogens is 3. The normalized spacial score (nSPS) is 11.8. The second-order valence-electron chi connectivity index (χ2n) is 3.72. The van der Waals surface area contributed by atoms with Crippen LogP contribution in [0, 0.1) is 5.82 Å². The summed E-state index contributed by atoms with van der Waals surface area (Å²) in [5.74, 6) is -0.531. The second-order valence-corrected chi connectivity index (χ2v) is 5.61. The van der Waals surface area contributed by atoms with Gasteiger partial charge in [-0.25, -0.2) is 17.9 Å². The van der Waals surface area contributed by atoms with Gasteiger partial charge in [-0.05, 0) is 25.1 Å². The van der Waals surface area contributed by atoms with E-state index in [0.29, 0.717) is 0 Å². The average Bonchev–Trinajstić information content (AvgIpc) is 2.72. The van der Waals surface area contributed by atoms with E-state index >= 15 is 0 Å². The highest BCUT2D eigenvalue weighted by atomic mass is 35.5. The van der Waals surface area contributed by atoms with Gasteiger partial charge in [-0.2, -0.15) is 0 Å². The summed E-state index contributed by atoms with van der Waals surface area (Å²) in [6.45, 7) is 1.91. The van der Waals surface area contributed by atoms with Crippen LogP contribution in [-0.4, -0.2) is 23.2 Å². The predicted molar refractivity (Wildman–Crippen MR) is 67.5 cm³/mol. The Hall–Kier alpha value is -1.51. The molecule has 6 nitrogen and oxygen atoms in total. The first-order valence-electron chi connectivity index (χ1n) is 5.26. The summed E-state index contributed by atoms with van der Waals surface area (Å²) in [6.07, 6.45) is 0. The molecule has 2 N–H and O–H groups in total. The van der Waals surface area contributed by atoms with E-state index in [1.165, 1.54) is 16.7 Å². The van der Waals surface area contributed by atoms with E-state index in [1.54, 1.807) is 6.92 Å². The number of benzene rings is 1. The Morgan fingerprint density at radius 1 is 1.42 bits per heavy atom. The lowest BCUT2D eigenvalue weighted by Gasteiger charge is -2.07. The van der Waals surface area contributed by atoms with Crippen molar-refractivity contribution < 1.29 is 12.8 Å². The zero-order valence-electron chi connectivity index (χ0n) is 9.84. The monoisotopic (exact) mass is 304 g/mol. The molecule has 0 aliphatic carbocycles. The van der Waals surface area contributed by atoms with Crippen LogP contribution in [0.1, 0.15) is 6.92 Å². The van der Waals surface area contributed by atoms with Crippen molar-refractivity contribution >= 4 is 21.6 Å². The van der Waals surface area contributed by atoms with E-state index in [9.17, 15) is 12.8 Å². The van der Waals surface area contributed by atoms with Crippen molar-refractivity contribution in [2.24, 2.45) is 5.14 Å². The van der Waals surface area contributed by atoms with Gasteiger partial charge >= 0.3 is 0 Å². The SMILES string of the molecule is CCn1c(-c2ccc(Cl)cc2F)nnc1S(N)(=O)=O. The van der Waals surface area contributed by atoms with Crippen LogP contribution in [0.25, 0.3) is 11.4 Å². The third-order valence-electron chi connectivity index (χ3n) is 2.46. The molecule has 0 radical (unpaired) electrons. The minimum Gasteiger partial charge on any atom is -0.297 e. The van der Waals surface area contributed by atoms with Crippen molar-refractivity contribution in [3.8, 4) is 11.4 Å². The molecule has 1 heterocycles. The van der Waals surface area contributed by atoms with Crippen LogP contribution in [0.2, 0.25) is 5.02 Å². The Labute approximate surface area is 114 Å². The lowest BCUT2D eigenvalue weighted by Crippen LogP contribution is -2.18. The van der Waals surface area contributed by atoms with Crippen molar-refractivity contribution in [3.05, 3.63) is 29.0 Å². The van der Waals surface area contributed by atoms with Crippen LogP contribution >= 0.6 is 11.6 Å². The summed E-state index contributed by atoms with van der Waals surface area (Å²) in [4.78, 5) is 0. The number of nitrogens with two attached hydrogens (primary N) is 1. The summed E-state index contributed by atoms with van der Waals surface area (Å²) in [7, 11) is -4.01. The molecule has 0 spiro atoms. The molecule has 1 aromatic heterocycles. The fourth-order valence-electron chi connectivity index (χ4n) is 1.65. The van der Waals surface area contributed by atoms with Crippen LogP contribution in [-0.2, 0) is 16.6 Å². The van der Waals surface area contributed by atoms with E-state index in [-0.39, 0.29) is 23.0 Å². The van der Waals surface area contributed by atoms with Crippen LogP contribution in [0.4, 0.5) is 4.39 Å². The molecule has 1 aromatic carbocycles. The zero-order chi connectivity index (χ0) is 14.2. The maximum absolute atomic E-state index is 13.8. The van der Waals surface area contributed by atoms with Gasteiger partial charge in [0.25, 0.3) is 15.2 Å². The summed E-state index contributed by atoms with van der Waals surface area (Å²) in [6, 6.07) is 3.99. The molecule has 0 aliphatic rings. The van der Waals surface area contributed by atoms with E-state index in [2.05, 4.69) is 10.2 Å². The first-order valence-corrected chi connectivity index (χ1v) is 7.18. The summed E-state index contributed by atoms with van der Waals surface area (Å²) in [5, 5.41) is 12.0. The van der Waals surface area contributed by atoms with Gasteiger partial charge in [0.2, 0.25) is 0 Å². The van der Waals surface area contributed by atoms with Gasteiger partial charge in [-0.3, -0.25) is 4.57 Å². The minimum atomic E-state index is -4.01. The number of rotatable bonds is 3. The Balaban J connectivity index is 2.67. The van der Waals surface area contributed by atoms with Crippen molar-refractivity contribution in [3.63, 3.8) is 0 Å². The number of hydrogen-bond donors (Lipinski definition) is 1. The quantitative estimate of drug-likeness (QED) is 0.928. The molecular formula is C10H10ClFN4O2S. The first kappa shape index (κ1) is 13.9. The molecule has 102 valence electrons. The summed E-state index contributed by atoms with van der Waals surface area (Å²) in [5.41, 5.74) is 0.105. The largest absolute Gasteiger partial charge is 0.297 e. The average molecular weight is 305 g/mol. The maximum atomic E-state index is 13.8. The molecular weight excluding hydrogens is 295 g/mol. The van der Waals surface area contributed by atoms with Crippen LogP contribution in [0.5, 0.6) is 0 Å². The van der Waals surface area contributed by atoms with Crippen LogP contribution in [0.3, 0.4) is 0 Å². The fraction of sp³-hybridized carbons (Fsp3) is 0.200. The zero-order valence-corrected chi connectivity index (χ0v) is 11.4. The summed E-state index contributed by atoms with van der Waals surface area (Å²) < 4.78 is 37.7. The van der Waals surface area contributed by atoms with Gasteiger partial charge in [0.1, 0.15) is 5.82 Å². The highest BCUT2D eigenvalue weighted by molar-refractivity contribution is 7.89. The minimum absolute atomic E-state index is 0.0840. The Kier molecular flexibility index (Phi) is 3.57. The molecule has 0 saturated heterocycles. The molecule has 0 amide bonds. The lowest BCUT2D eigenvalue weighted by atomic mass is 10.2. The third-order valence-corrected chi connectivity index (χ3v) is 3.51. The van der Waals surface area contributed by atoms with Gasteiger partial charge in [-0.15, -0.1) is 10.2 Å².